The van der Waals surface area contributed by atoms with Gasteiger partial charge in [-0.05, 0) is 79.6 Å². The van der Waals surface area contributed by atoms with Crippen LogP contribution < -0.4 is 24.2 Å². The summed E-state index contributed by atoms with van der Waals surface area (Å²) in [7, 11) is -2.19. The van der Waals surface area contributed by atoms with Crippen LogP contribution in [0.3, 0.4) is 0 Å². The molecule has 1 amide bonds. The first-order valence-corrected chi connectivity index (χ1v) is 12.2. The van der Waals surface area contributed by atoms with Crippen LogP contribution >= 0.6 is 0 Å². The number of anilines is 1. The van der Waals surface area contributed by atoms with Crippen molar-refractivity contribution in [1.29, 1.82) is 0 Å². The first kappa shape index (κ1) is 24.9. The van der Waals surface area contributed by atoms with Crippen molar-refractivity contribution in [2.24, 2.45) is 0 Å². The number of carbonyl (C=O) groups excluding carboxylic acids is 1. The van der Waals surface area contributed by atoms with Gasteiger partial charge in [-0.15, -0.1) is 0 Å². The lowest BCUT2D eigenvalue weighted by Gasteiger charge is -2.13. The van der Waals surface area contributed by atoms with Crippen LogP contribution in [-0.4, -0.2) is 34.6 Å². The number of sulfonamides is 1. The summed E-state index contributed by atoms with van der Waals surface area (Å²) in [6.07, 6.45) is 0. The normalized spacial score (nSPS) is 10.9. The molecule has 180 valence electrons. The van der Waals surface area contributed by atoms with Crippen LogP contribution in [0.15, 0.2) is 71.6 Å². The zero-order valence-corrected chi connectivity index (χ0v) is 20.1. The van der Waals surface area contributed by atoms with Crippen molar-refractivity contribution in [2.45, 2.75) is 25.3 Å². The zero-order chi connectivity index (χ0) is 24.6. The monoisotopic (exact) mass is 484 g/mol. The minimum atomic E-state index is -3.79. The van der Waals surface area contributed by atoms with Gasteiger partial charge in [-0.25, -0.2) is 8.42 Å². The SMILES string of the molecule is CCOc1ccc(NS(=O)(=O)c2ccc(OCC(=O)NCc3ccc(OC)cc3)c(C)c2)cc1. The molecule has 2 N–H and O–H groups in total. The van der Waals surface area contributed by atoms with Gasteiger partial charge in [-0.3, -0.25) is 9.52 Å². The molecule has 0 unspecified atom stereocenters. The van der Waals surface area contributed by atoms with E-state index in [1.807, 2.05) is 31.2 Å². The molecule has 3 rings (SSSR count). The Kier molecular flexibility index (Phi) is 8.37. The predicted molar refractivity (Wildman–Crippen MR) is 130 cm³/mol. The maximum absolute atomic E-state index is 12.7. The van der Waals surface area contributed by atoms with Crippen LogP contribution in [-0.2, 0) is 21.4 Å². The Morgan fingerprint density at radius 1 is 0.912 bits per heavy atom. The van der Waals surface area contributed by atoms with Crippen molar-refractivity contribution < 1.29 is 27.4 Å². The number of nitrogens with one attached hydrogen (secondary N) is 2. The van der Waals surface area contributed by atoms with Gasteiger partial charge in [0, 0.05) is 12.2 Å². The molecule has 9 heteroatoms. The van der Waals surface area contributed by atoms with Gasteiger partial charge in [0.2, 0.25) is 0 Å². The lowest BCUT2D eigenvalue weighted by molar-refractivity contribution is -0.123. The maximum Gasteiger partial charge on any atom is 0.261 e. The van der Waals surface area contributed by atoms with Crippen molar-refractivity contribution in [3.63, 3.8) is 0 Å². The second-order valence-corrected chi connectivity index (χ2v) is 9.09. The number of methoxy groups -OCH3 is 1. The molecule has 0 fully saturated rings. The molecule has 3 aromatic rings. The van der Waals surface area contributed by atoms with Crippen molar-refractivity contribution in [1.82, 2.24) is 5.32 Å². The third kappa shape index (κ3) is 6.89. The molecule has 0 saturated heterocycles. The molecule has 34 heavy (non-hydrogen) atoms. The lowest BCUT2D eigenvalue weighted by atomic mass is 10.2. The molecule has 0 heterocycles. The molecule has 0 radical (unpaired) electrons. The first-order valence-electron chi connectivity index (χ1n) is 10.7. The number of ether oxygens (including phenoxy) is 3. The van der Waals surface area contributed by atoms with E-state index in [2.05, 4.69) is 10.0 Å². The van der Waals surface area contributed by atoms with Gasteiger partial charge in [-0.1, -0.05) is 12.1 Å². The smallest absolute Gasteiger partial charge is 0.261 e. The third-order valence-corrected chi connectivity index (χ3v) is 6.26. The second-order valence-electron chi connectivity index (χ2n) is 7.40. The van der Waals surface area contributed by atoms with Gasteiger partial charge in [-0.2, -0.15) is 0 Å². The van der Waals surface area contributed by atoms with Gasteiger partial charge < -0.3 is 19.5 Å². The molecule has 8 nitrogen and oxygen atoms in total. The highest BCUT2D eigenvalue weighted by atomic mass is 32.2. The maximum atomic E-state index is 12.7. The van der Waals surface area contributed by atoms with E-state index in [0.29, 0.717) is 35.9 Å². The van der Waals surface area contributed by atoms with Crippen molar-refractivity contribution >= 4 is 21.6 Å². The minimum Gasteiger partial charge on any atom is -0.497 e. The van der Waals surface area contributed by atoms with Crippen LogP contribution in [0.5, 0.6) is 17.2 Å². The predicted octanol–water partition coefficient (Wildman–Crippen LogP) is 3.90. The average molecular weight is 485 g/mol. The fourth-order valence-corrected chi connectivity index (χ4v) is 4.23. The Morgan fingerprint density at radius 3 is 2.21 bits per heavy atom. The van der Waals surface area contributed by atoms with Crippen molar-refractivity contribution in [3.05, 3.63) is 77.9 Å². The van der Waals surface area contributed by atoms with Gasteiger partial charge in [0.1, 0.15) is 17.2 Å². The Morgan fingerprint density at radius 2 is 1.59 bits per heavy atom. The zero-order valence-electron chi connectivity index (χ0n) is 19.3. The highest BCUT2D eigenvalue weighted by Crippen LogP contribution is 2.24. The first-order chi connectivity index (χ1) is 16.3. The molecule has 0 bridgehead atoms. The molecule has 0 aliphatic carbocycles. The van der Waals surface area contributed by atoms with E-state index < -0.39 is 10.0 Å². The van der Waals surface area contributed by atoms with Gasteiger partial charge in [0.15, 0.2) is 6.61 Å². The fraction of sp³-hybridized carbons (Fsp3) is 0.240. The summed E-state index contributed by atoms with van der Waals surface area (Å²) in [5.74, 6) is 1.55. The topological polar surface area (TPSA) is 103 Å². The van der Waals surface area contributed by atoms with Crippen LogP contribution in [0.1, 0.15) is 18.1 Å². The van der Waals surface area contributed by atoms with Crippen LogP contribution in [0.2, 0.25) is 0 Å². The number of aryl methyl sites for hydroxylation is 1. The Balaban J connectivity index is 1.55. The summed E-state index contributed by atoms with van der Waals surface area (Å²) in [5.41, 5.74) is 1.95. The summed E-state index contributed by atoms with van der Waals surface area (Å²) >= 11 is 0. The van der Waals surface area contributed by atoms with Gasteiger partial charge in [0.05, 0.1) is 18.6 Å². The number of benzene rings is 3. The number of hydrogen-bond donors (Lipinski definition) is 2. The number of amides is 1. The summed E-state index contributed by atoms with van der Waals surface area (Å²) in [6, 6.07) is 18.5. The quantitative estimate of drug-likeness (QED) is 0.428. The molecule has 0 aliphatic rings. The molecule has 0 aromatic heterocycles. The standard InChI is InChI=1S/C25H28N2O6S/c1-4-32-22-11-7-20(8-12-22)27-34(29,30)23-13-14-24(18(2)15-23)33-17-25(28)26-16-19-5-9-21(31-3)10-6-19/h5-15,27H,4,16-17H2,1-3H3,(H,26,28). The van der Waals surface area contributed by atoms with Gasteiger partial charge in [0.25, 0.3) is 15.9 Å². The van der Waals surface area contributed by atoms with Gasteiger partial charge >= 0.3 is 0 Å². The van der Waals surface area contributed by atoms with E-state index in [1.165, 1.54) is 12.1 Å². The molecular weight excluding hydrogens is 456 g/mol. The van der Waals surface area contributed by atoms with Crippen LogP contribution in [0.25, 0.3) is 0 Å². The molecule has 0 saturated carbocycles. The van der Waals surface area contributed by atoms with E-state index in [0.717, 1.165) is 11.3 Å². The molecule has 0 atom stereocenters. The highest BCUT2D eigenvalue weighted by Gasteiger charge is 2.16. The van der Waals surface area contributed by atoms with E-state index in [-0.39, 0.29) is 17.4 Å². The molecular formula is C25H28N2O6S. The van der Waals surface area contributed by atoms with E-state index >= 15 is 0 Å². The molecule has 0 spiro atoms. The molecule has 0 aliphatic heterocycles. The van der Waals surface area contributed by atoms with E-state index in [9.17, 15) is 13.2 Å². The summed E-state index contributed by atoms with van der Waals surface area (Å²) in [6.45, 7) is 4.30. The van der Waals surface area contributed by atoms with Crippen molar-refractivity contribution in [3.8, 4) is 17.2 Å². The summed E-state index contributed by atoms with van der Waals surface area (Å²) in [4.78, 5) is 12.2. The summed E-state index contributed by atoms with van der Waals surface area (Å²) in [5, 5.41) is 2.78. The number of rotatable bonds is 11. The second kappa shape index (κ2) is 11.4. The lowest BCUT2D eigenvalue weighted by Crippen LogP contribution is -2.28. The Hall–Kier alpha value is -3.72. The average Bonchev–Trinajstić information content (AvgIpc) is 2.83. The summed E-state index contributed by atoms with van der Waals surface area (Å²) < 4.78 is 44.1. The number of hydrogen-bond acceptors (Lipinski definition) is 6. The fourth-order valence-electron chi connectivity index (χ4n) is 3.09. The number of carbonyl (C=O) groups is 1. The Bertz CT molecular complexity index is 1210. The molecule has 3 aromatic carbocycles. The van der Waals surface area contributed by atoms with E-state index in [1.54, 1.807) is 44.4 Å². The third-order valence-electron chi connectivity index (χ3n) is 4.88. The van der Waals surface area contributed by atoms with E-state index in [4.69, 9.17) is 14.2 Å². The minimum absolute atomic E-state index is 0.0928. The van der Waals surface area contributed by atoms with Crippen LogP contribution in [0.4, 0.5) is 5.69 Å². The van der Waals surface area contributed by atoms with Crippen molar-refractivity contribution in [2.75, 3.05) is 25.0 Å². The Labute approximate surface area is 199 Å². The largest absolute Gasteiger partial charge is 0.497 e. The highest BCUT2D eigenvalue weighted by molar-refractivity contribution is 7.92. The van der Waals surface area contributed by atoms with Crippen LogP contribution in [0, 0.1) is 6.92 Å².